The van der Waals surface area contributed by atoms with E-state index in [9.17, 15) is 0 Å². The number of nitrogen functional groups attached to an aromatic ring is 1. The van der Waals surface area contributed by atoms with E-state index >= 15 is 0 Å². The van der Waals surface area contributed by atoms with Crippen LogP contribution in [0.2, 0.25) is 0 Å². The molecule has 1 rings (SSSR count). The van der Waals surface area contributed by atoms with Crippen LogP contribution in [0.25, 0.3) is 0 Å². The van der Waals surface area contributed by atoms with E-state index in [1.807, 2.05) is 11.8 Å². The minimum absolute atomic E-state index is 0.674. The Morgan fingerprint density at radius 2 is 2.29 bits per heavy atom. The third-order valence-electron chi connectivity index (χ3n) is 1.50. The zero-order valence-electron chi connectivity index (χ0n) is 8.36. The van der Waals surface area contributed by atoms with Crippen molar-refractivity contribution in [3.05, 3.63) is 5.01 Å². The van der Waals surface area contributed by atoms with E-state index in [2.05, 4.69) is 34.6 Å². The smallest absolute Gasteiger partial charge is 0.219 e. The largest absolute Gasteiger partial charge is 0.309 e. The van der Waals surface area contributed by atoms with Gasteiger partial charge in [-0.3, -0.25) is 5.43 Å². The SMILES string of the molecule is CN(C)CCSCc1nnc(NN)s1. The Hall–Kier alpha value is -0.370. The molecule has 0 aliphatic heterocycles. The van der Waals surface area contributed by atoms with Crippen molar-refractivity contribution in [2.24, 2.45) is 5.84 Å². The minimum atomic E-state index is 0.674. The van der Waals surface area contributed by atoms with Gasteiger partial charge >= 0.3 is 0 Å². The van der Waals surface area contributed by atoms with E-state index in [1.54, 1.807) is 0 Å². The number of thioether (sulfide) groups is 1. The molecule has 0 saturated carbocycles. The summed E-state index contributed by atoms with van der Waals surface area (Å²) < 4.78 is 0. The first-order valence-corrected chi connectivity index (χ1v) is 6.21. The Kier molecular flexibility index (Phi) is 5.16. The molecule has 5 nitrogen and oxygen atoms in total. The van der Waals surface area contributed by atoms with Crippen LogP contribution in [0.3, 0.4) is 0 Å². The van der Waals surface area contributed by atoms with Crippen LogP contribution in [0, 0.1) is 0 Å². The molecule has 0 radical (unpaired) electrons. The molecule has 0 aliphatic carbocycles. The van der Waals surface area contributed by atoms with Crippen molar-refractivity contribution in [2.45, 2.75) is 5.75 Å². The molecule has 1 aromatic heterocycles. The van der Waals surface area contributed by atoms with Crippen LogP contribution in [0.4, 0.5) is 5.13 Å². The number of hydrogen-bond acceptors (Lipinski definition) is 7. The summed E-state index contributed by atoms with van der Waals surface area (Å²) >= 11 is 3.36. The van der Waals surface area contributed by atoms with E-state index in [0.29, 0.717) is 5.13 Å². The van der Waals surface area contributed by atoms with E-state index in [0.717, 1.165) is 23.1 Å². The second kappa shape index (κ2) is 6.18. The van der Waals surface area contributed by atoms with Crippen LogP contribution in [-0.2, 0) is 5.75 Å². The van der Waals surface area contributed by atoms with Crippen molar-refractivity contribution in [3.63, 3.8) is 0 Å². The van der Waals surface area contributed by atoms with Gasteiger partial charge in [-0.15, -0.1) is 10.2 Å². The van der Waals surface area contributed by atoms with Gasteiger partial charge in [0.15, 0.2) is 0 Å². The molecule has 1 heterocycles. The van der Waals surface area contributed by atoms with Gasteiger partial charge in [0.1, 0.15) is 5.01 Å². The first-order valence-electron chi connectivity index (χ1n) is 4.24. The maximum atomic E-state index is 5.20. The number of anilines is 1. The molecule has 0 saturated heterocycles. The fourth-order valence-corrected chi connectivity index (χ4v) is 2.58. The molecule has 0 amide bonds. The lowest BCUT2D eigenvalue weighted by Gasteiger charge is -2.07. The highest BCUT2D eigenvalue weighted by Gasteiger charge is 2.02. The molecule has 1 aromatic rings. The molecule has 7 heteroatoms. The third-order valence-corrected chi connectivity index (χ3v) is 3.48. The highest BCUT2D eigenvalue weighted by molar-refractivity contribution is 7.98. The summed E-state index contributed by atoms with van der Waals surface area (Å²) in [6, 6.07) is 0. The second-order valence-electron chi connectivity index (χ2n) is 3.00. The van der Waals surface area contributed by atoms with Crippen LogP contribution >= 0.6 is 23.1 Å². The quantitative estimate of drug-likeness (QED) is 0.426. The molecule has 3 N–H and O–H groups in total. The van der Waals surface area contributed by atoms with Gasteiger partial charge in [0, 0.05) is 18.1 Å². The minimum Gasteiger partial charge on any atom is -0.309 e. The van der Waals surface area contributed by atoms with Crippen molar-refractivity contribution in [1.82, 2.24) is 15.1 Å². The lowest BCUT2D eigenvalue weighted by atomic mass is 10.7. The van der Waals surface area contributed by atoms with Gasteiger partial charge in [0.05, 0.1) is 0 Å². The lowest BCUT2D eigenvalue weighted by Crippen LogP contribution is -2.14. The molecule has 0 aromatic carbocycles. The topological polar surface area (TPSA) is 67.1 Å². The maximum absolute atomic E-state index is 5.20. The van der Waals surface area contributed by atoms with E-state index in [4.69, 9.17) is 5.84 Å². The molecular weight excluding hydrogens is 218 g/mol. The van der Waals surface area contributed by atoms with Gasteiger partial charge < -0.3 is 4.90 Å². The van der Waals surface area contributed by atoms with Crippen LogP contribution < -0.4 is 11.3 Å². The van der Waals surface area contributed by atoms with Gasteiger partial charge in [-0.25, -0.2) is 5.84 Å². The summed E-state index contributed by atoms with van der Waals surface area (Å²) in [5.41, 5.74) is 2.48. The predicted molar refractivity (Wildman–Crippen MR) is 62.4 cm³/mol. The number of aromatic nitrogens is 2. The average molecular weight is 233 g/mol. The van der Waals surface area contributed by atoms with Crippen molar-refractivity contribution in [1.29, 1.82) is 0 Å². The Morgan fingerprint density at radius 1 is 1.50 bits per heavy atom. The monoisotopic (exact) mass is 233 g/mol. The summed E-state index contributed by atoms with van der Waals surface area (Å²) in [6.45, 7) is 1.09. The Bertz CT molecular complexity index is 262. The van der Waals surface area contributed by atoms with Gasteiger partial charge in [-0.2, -0.15) is 11.8 Å². The van der Waals surface area contributed by atoms with Crippen LogP contribution in [-0.4, -0.2) is 41.5 Å². The Balaban J connectivity index is 2.18. The highest BCUT2D eigenvalue weighted by atomic mass is 32.2. The average Bonchev–Trinajstić information content (AvgIpc) is 2.60. The normalized spacial score (nSPS) is 10.9. The summed E-state index contributed by atoms with van der Waals surface area (Å²) in [4.78, 5) is 2.17. The molecule has 0 aliphatic rings. The van der Waals surface area contributed by atoms with Crippen LogP contribution in [0.15, 0.2) is 0 Å². The van der Waals surface area contributed by atoms with E-state index in [-0.39, 0.29) is 0 Å². The number of hydrazine groups is 1. The number of hydrogen-bond donors (Lipinski definition) is 2. The van der Waals surface area contributed by atoms with Crippen LogP contribution in [0.1, 0.15) is 5.01 Å². The molecule has 0 spiro atoms. The number of nitrogens with zero attached hydrogens (tertiary/aromatic N) is 3. The maximum Gasteiger partial charge on any atom is 0.219 e. The zero-order valence-corrected chi connectivity index (χ0v) is 9.99. The van der Waals surface area contributed by atoms with Gasteiger partial charge in [0.2, 0.25) is 5.13 Å². The summed E-state index contributed by atoms with van der Waals surface area (Å²) in [7, 11) is 4.14. The molecule has 0 atom stereocenters. The van der Waals surface area contributed by atoms with Crippen molar-refractivity contribution in [2.75, 3.05) is 31.8 Å². The Morgan fingerprint density at radius 3 is 2.86 bits per heavy atom. The third kappa shape index (κ3) is 4.23. The van der Waals surface area contributed by atoms with Gasteiger partial charge in [-0.1, -0.05) is 11.3 Å². The molecule has 80 valence electrons. The number of nitrogens with one attached hydrogen (secondary N) is 1. The summed E-state index contributed by atoms with van der Waals surface area (Å²) in [5.74, 6) is 7.22. The van der Waals surface area contributed by atoms with Gasteiger partial charge in [0.25, 0.3) is 0 Å². The van der Waals surface area contributed by atoms with Crippen molar-refractivity contribution in [3.8, 4) is 0 Å². The summed E-state index contributed by atoms with van der Waals surface area (Å²) in [5, 5.41) is 9.54. The van der Waals surface area contributed by atoms with E-state index in [1.165, 1.54) is 11.3 Å². The van der Waals surface area contributed by atoms with Crippen molar-refractivity contribution >= 4 is 28.2 Å². The fraction of sp³-hybridized carbons (Fsp3) is 0.714. The number of rotatable bonds is 6. The standard InChI is InChI=1S/C7H15N5S2/c1-12(2)3-4-13-5-6-10-11-7(9-8)14-6/h3-5,8H2,1-2H3,(H,9,11). The second-order valence-corrected chi connectivity index (χ2v) is 5.17. The first kappa shape index (κ1) is 11.7. The van der Waals surface area contributed by atoms with Gasteiger partial charge in [-0.05, 0) is 14.1 Å². The molecule has 14 heavy (non-hydrogen) atoms. The fourth-order valence-electron chi connectivity index (χ4n) is 0.777. The first-order chi connectivity index (χ1) is 6.72. The molecule has 0 fully saturated rings. The number of nitrogens with two attached hydrogens (primary N) is 1. The zero-order chi connectivity index (χ0) is 10.4. The highest BCUT2D eigenvalue weighted by Crippen LogP contribution is 2.18. The Labute approximate surface area is 92.0 Å². The van der Waals surface area contributed by atoms with E-state index < -0.39 is 0 Å². The molecule has 0 unspecified atom stereocenters. The van der Waals surface area contributed by atoms with Crippen LogP contribution in [0.5, 0.6) is 0 Å². The molecule has 0 bridgehead atoms. The van der Waals surface area contributed by atoms with Crippen molar-refractivity contribution < 1.29 is 0 Å². The lowest BCUT2D eigenvalue weighted by molar-refractivity contribution is 0.437. The molecular formula is C7H15N5S2. The summed E-state index contributed by atoms with van der Waals surface area (Å²) in [6.07, 6.45) is 0. The predicted octanol–water partition coefficient (Wildman–Crippen LogP) is 0.618.